The first-order valence-corrected chi connectivity index (χ1v) is 8.79. The van der Waals surface area contributed by atoms with Gasteiger partial charge in [0.1, 0.15) is 11.9 Å². The molecular formula is C16H20F2N6O2. The quantitative estimate of drug-likeness (QED) is 0.815. The molecule has 0 radical (unpaired) electrons. The van der Waals surface area contributed by atoms with Gasteiger partial charge < -0.3 is 14.5 Å². The number of carbonyl (C=O) groups excluding carboxylic acids is 1. The second-order valence-electron chi connectivity index (χ2n) is 6.46. The lowest BCUT2D eigenvalue weighted by Crippen LogP contribution is -2.54. The SMILES string of the molecule is O=C(C1CCCCN1c1ccc2nnc(C(F)F)n2n1)N1CCOCC1. The summed E-state index contributed by atoms with van der Waals surface area (Å²) in [5.41, 5.74) is 0.261. The summed E-state index contributed by atoms with van der Waals surface area (Å²) in [4.78, 5) is 16.7. The van der Waals surface area contributed by atoms with Crippen molar-refractivity contribution in [2.45, 2.75) is 31.7 Å². The molecule has 2 aromatic heterocycles. The Balaban J connectivity index is 1.64. The lowest BCUT2D eigenvalue weighted by Gasteiger charge is -2.39. The topological polar surface area (TPSA) is 75.9 Å². The van der Waals surface area contributed by atoms with Crippen molar-refractivity contribution in [1.82, 2.24) is 24.7 Å². The van der Waals surface area contributed by atoms with Gasteiger partial charge in [-0.2, -0.15) is 4.52 Å². The van der Waals surface area contributed by atoms with Crippen LogP contribution in [-0.2, 0) is 9.53 Å². The lowest BCUT2D eigenvalue weighted by molar-refractivity contribution is -0.137. The van der Waals surface area contributed by atoms with E-state index < -0.39 is 12.2 Å². The van der Waals surface area contributed by atoms with E-state index in [0.29, 0.717) is 38.7 Å². The lowest BCUT2D eigenvalue weighted by atomic mass is 10.0. The summed E-state index contributed by atoms with van der Waals surface area (Å²) in [6.45, 7) is 2.90. The van der Waals surface area contributed by atoms with Gasteiger partial charge in [-0.3, -0.25) is 4.79 Å². The van der Waals surface area contributed by atoms with Gasteiger partial charge in [0.2, 0.25) is 11.7 Å². The van der Waals surface area contributed by atoms with E-state index in [1.165, 1.54) is 0 Å². The Labute approximate surface area is 148 Å². The average Bonchev–Trinajstić information content (AvgIpc) is 3.11. The number of rotatable bonds is 3. The maximum atomic E-state index is 13.1. The molecule has 0 N–H and O–H groups in total. The fourth-order valence-electron chi connectivity index (χ4n) is 3.54. The van der Waals surface area contributed by atoms with Gasteiger partial charge in [-0.05, 0) is 31.4 Å². The first kappa shape index (κ1) is 17.1. The molecule has 1 unspecified atom stereocenters. The zero-order chi connectivity index (χ0) is 18.1. The van der Waals surface area contributed by atoms with E-state index in [-0.39, 0.29) is 17.6 Å². The molecule has 2 aromatic rings. The van der Waals surface area contributed by atoms with Gasteiger partial charge in [0.05, 0.1) is 13.2 Å². The number of piperidine rings is 1. The van der Waals surface area contributed by atoms with Crippen LogP contribution in [0.3, 0.4) is 0 Å². The second kappa shape index (κ2) is 7.10. The van der Waals surface area contributed by atoms with Crippen molar-refractivity contribution in [3.8, 4) is 0 Å². The van der Waals surface area contributed by atoms with E-state index in [1.807, 2.05) is 9.80 Å². The van der Waals surface area contributed by atoms with E-state index >= 15 is 0 Å². The smallest absolute Gasteiger partial charge is 0.299 e. The number of amides is 1. The standard InChI is InChI=1S/C16H20F2N6O2/c17-14(18)15-20-19-12-4-5-13(21-24(12)15)23-6-2-1-3-11(23)16(25)22-7-9-26-10-8-22/h4-5,11,14H,1-3,6-10H2. The number of ether oxygens (including phenoxy) is 1. The molecule has 2 fully saturated rings. The molecule has 8 nitrogen and oxygen atoms in total. The van der Waals surface area contributed by atoms with E-state index in [1.54, 1.807) is 12.1 Å². The molecule has 0 spiro atoms. The third-order valence-electron chi connectivity index (χ3n) is 4.87. The minimum absolute atomic E-state index is 0.0488. The average molecular weight is 366 g/mol. The first-order valence-electron chi connectivity index (χ1n) is 8.79. The summed E-state index contributed by atoms with van der Waals surface area (Å²) < 4.78 is 32.6. The van der Waals surface area contributed by atoms with Crippen molar-refractivity contribution < 1.29 is 18.3 Å². The minimum atomic E-state index is -2.76. The highest BCUT2D eigenvalue weighted by Crippen LogP contribution is 2.26. The Bertz CT molecular complexity index is 792. The van der Waals surface area contributed by atoms with Crippen LogP contribution in [0.15, 0.2) is 12.1 Å². The molecule has 0 aromatic carbocycles. The largest absolute Gasteiger partial charge is 0.378 e. The van der Waals surface area contributed by atoms with Crippen LogP contribution in [0.1, 0.15) is 31.5 Å². The zero-order valence-electron chi connectivity index (χ0n) is 14.2. The molecule has 10 heteroatoms. The third kappa shape index (κ3) is 3.09. The summed E-state index contributed by atoms with van der Waals surface area (Å²) >= 11 is 0. The molecule has 140 valence electrons. The van der Waals surface area contributed by atoms with Gasteiger partial charge in [0.15, 0.2) is 5.65 Å². The van der Waals surface area contributed by atoms with Crippen LogP contribution in [0.25, 0.3) is 5.65 Å². The second-order valence-corrected chi connectivity index (χ2v) is 6.46. The minimum Gasteiger partial charge on any atom is -0.378 e. The molecular weight excluding hydrogens is 346 g/mol. The highest BCUT2D eigenvalue weighted by atomic mass is 19.3. The van der Waals surface area contributed by atoms with Crippen LogP contribution in [0.5, 0.6) is 0 Å². The molecule has 2 saturated heterocycles. The molecule has 0 aliphatic carbocycles. The molecule has 0 saturated carbocycles. The number of alkyl halides is 2. The number of hydrogen-bond donors (Lipinski definition) is 0. The summed E-state index contributed by atoms with van der Waals surface area (Å²) in [5.74, 6) is 0.0492. The zero-order valence-corrected chi connectivity index (χ0v) is 14.2. The van der Waals surface area contributed by atoms with Crippen LogP contribution in [0, 0.1) is 0 Å². The van der Waals surface area contributed by atoms with Crippen molar-refractivity contribution >= 4 is 17.4 Å². The summed E-state index contributed by atoms with van der Waals surface area (Å²) in [6.07, 6.45) is -0.162. The maximum absolute atomic E-state index is 13.1. The van der Waals surface area contributed by atoms with Crippen molar-refractivity contribution in [1.29, 1.82) is 0 Å². The van der Waals surface area contributed by atoms with Crippen molar-refractivity contribution in [2.75, 3.05) is 37.7 Å². The van der Waals surface area contributed by atoms with E-state index in [2.05, 4.69) is 15.3 Å². The highest BCUT2D eigenvalue weighted by Gasteiger charge is 2.33. The highest BCUT2D eigenvalue weighted by molar-refractivity contribution is 5.85. The number of carbonyl (C=O) groups is 1. The number of aromatic nitrogens is 4. The Morgan fingerprint density at radius 1 is 1.15 bits per heavy atom. The molecule has 26 heavy (non-hydrogen) atoms. The van der Waals surface area contributed by atoms with E-state index in [4.69, 9.17) is 4.74 Å². The molecule has 4 heterocycles. The number of anilines is 1. The monoisotopic (exact) mass is 366 g/mol. The molecule has 1 amide bonds. The molecule has 1 atom stereocenters. The Hall–Kier alpha value is -2.36. The van der Waals surface area contributed by atoms with Crippen LogP contribution >= 0.6 is 0 Å². The van der Waals surface area contributed by atoms with Crippen LogP contribution in [0.4, 0.5) is 14.6 Å². The maximum Gasteiger partial charge on any atom is 0.299 e. The van der Waals surface area contributed by atoms with Gasteiger partial charge in [-0.25, -0.2) is 8.78 Å². The summed E-state index contributed by atoms with van der Waals surface area (Å²) in [7, 11) is 0. The molecule has 0 bridgehead atoms. The number of hydrogen-bond acceptors (Lipinski definition) is 6. The van der Waals surface area contributed by atoms with Gasteiger partial charge in [0, 0.05) is 19.6 Å². The van der Waals surface area contributed by atoms with Crippen molar-refractivity contribution in [3.63, 3.8) is 0 Å². The summed E-state index contributed by atoms with van der Waals surface area (Å²) in [5, 5.41) is 11.5. The number of fused-ring (bicyclic) bond motifs is 1. The van der Waals surface area contributed by atoms with Crippen LogP contribution in [-0.4, -0.2) is 69.5 Å². The van der Waals surface area contributed by atoms with Crippen LogP contribution in [0.2, 0.25) is 0 Å². The van der Waals surface area contributed by atoms with Gasteiger partial charge in [-0.1, -0.05) is 0 Å². The third-order valence-corrected chi connectivity index (χ3v) is 4.87. The summed E-state index contributed by atoms with van der Waals surface area (Å²) in [6, 6.07) is 2.98. The van der Waals surface area contributed by atoms with Crippen molar-refractivity contribution in [2.24, 2.45) is 0 Å². The fourth-order valence-corrected chi connectivity index (χ4v) is 3.54. The predicted molar refractivity (Wildman–Crippen MR) is 88.1 cm³/mol. The predicted octanol–water partition coefficient (Wildman–Crippen LogP) is 1.28. The first-order chi connectivity index (χ1) is 12.6. The number of morpholine rings is 1. The normalized spacial score (nSPS) is 21.6. The van der Waals surface area contributed by atoms with Gasteiger partial charge in [0.25, 0.3) is 6.43 Å². The fraction of sp³-hybridized carbons (Fsp3) is 0.625. The molecule has 2 aliphatic rings. The molecule has 4 rings (SSSR count). The Morgan fingerprint density at radius 3 is 2.73 bits per heavy atom. The van der Waals surface area contributed by atoms with Crippen molar-refractivity contribution in [3.05, 3.63) is 18.0 Å². The van der Waals surface area contributed by atoms with Crippen LogP contribution < -0.4 is 4.90 Å². The number of nitrogens with zero attached hydrogens (tertiary/aromatic N) is 6. The number of halogens is 2. The van der Waals surface area contributed by atoms with Gasteiger partial charge in [-0.15, -0.1) is 15.3 Å². The van der Waals surface area contributed by atoms with E-state index in [0.717, 1.165) is 23.8 Å². The van der Waals surface area contributed by atoms with Gasteiger partial charge >= 0.3 is 0 Å². The molecule has 2 aliphatic heterocycles. The Morgan fingerprint density at radius 2 is 1.96 bits per heavy atom. The van der Waals surface area contributed by atoms with E-state index in [9.17, 15) is 13.6 Å². The Kier molecular flexibility index (Phi) is 4.66.